The number of nitrogens with two attached hydrogens (primary N) is 2. The fraction of sp³-hybridized carbons (Fsp3) is 0.304. The predicted octanol–water partition coefficient (Wildman–Crippen LogP) is 4.63. The molecule has 6 heteroatoms. The number of nitrogen functional groups attached to an aromatic ring is 2. The Hall–Kier alpha value is -3.12. The molecule has 0 amide bonds. The predicted molar refractivity (Wildman–Crippen MR) is 119 cm³/mol. The maximum Gasteiger partial charge on any atom is 0.222 e. The van der Waals surface area contributed by atoms with E-state index >= 15 is 0 Å². The minimum absolute atomic E-state index is 0.152. The smallest absolute Gasteiger partial charge is 0.222 e. The summed E-state index contributed by atoms with van der Waals surface area (Å²) >= 11 is 0. The Balaban J connectivity index is 1.72. The molecule has 2 aromatic carbocycles. The molecule has 0 saturated carbocycles. The molecule has 0 unspecified atom stereocenters. The van der Waals surface area contributed by atoms with E-state index in [-0.39, 0.29) is 5.95 Å². The average Bonchev–Trinajstić information content (AvgIpc) is 2.72. The highest BCUT2D eigenvalue weighted by Crippen LogP contribution is 2.30. The van der Waals surface area contributed by atoms with Gasteiger partial charge >= 0.3 is 0 Å². The fourth-order valence-corrected chi connectivity index (χ4v) is 3.17. The molecule has 0 bridgehead atoms. The summed E-state index contributed by atoms with van der Waals surface area (Å²) in [6.07, 6.45) is 3.61. The van der Waals surface area contributed by atoms with Crippen LogP contribution in [0.5, 0.6) is 0 Å². The molecule has 0 spiro atoms. The van der Waals surface area contributed by atoms with Gasteiger partial charge in [0.1, 0.15) is 5.82 Å². The van der Waals surface area contributed by atoms with E-state index in [2.05, 4.69) is 22.2 Å². The largest absolute Gasteiger partial charge is 0.385 e. The van der Waals surface area contributed by atoms with Crippen LogP contribution < -0.4 is 16.8 Å². The maximum absolute atomic E-state index is 6.19. The van der Waals surface area contributed by atoms with E-state index in [9.17, 15) is 0 Å². The molecule has 3 aromatic rings. The van der Waals surface area contributed by atoms with E-state index in [1.54, 1.807) is 0 Å². The van der Waals surface area contributed by atoms with Gasteiger partial charge in [0.25, 0.3) is 0 Å². The van der Waals surface area contributed by atoms with Gasteiger partial charge in [-0.3, -0.25) is 0 Å². The highest BCUT2D eigenvalue weighted by atomic mass is 16.5. The monoisotopic (exact) mass is 391 g/mol. The lowest BCUT2D eigenvalue weighted by atomic mass is 10.0. The molecule has 152 valence electrons. The van der Waals surface area contributed by atoms with Crippen LogP contribution in [0, 0.1) is 0 Å². The number of benzene rings is 2. The van der Waals surface area contributed by atoms with E-state index in [1.165, 1.54) is 19.3 Å². The van der Waals surface area contributed by atoms with Crippen molar-refractivity contribution in [1.82, 2.24) is 9.97 Å². The Morgan fingerprint density at radius 3 is 2.38 bits per heavy atom. The second-order valence-electron chi connectivity index (χ2n) is 6.98. The summed E-state index contributed by atoms with van der Waals surface area (Å²) in [5.41, 5.74) is 16.6. The van der Waals surface area contributed by atoms with E-state index in [4.69, 9.17) is 16.2 Å². The molecule has 6 nitrogen and oxygen atoms in total. The first-order chi connectivity index (χ1) is 14.2. The topological polar surface area (TPSA) is 99.1 Å². The fourth-order valence-electron chi connectivity index (χ4n) is 3.17. The van der Waals surface area contributed by atoms with E-state index in [0.29, 0.717) is 24.7 Å². The number of nitrogens with zero attached hydrogens (tertiary/aromatic N) is 2. The summed E-state index contributed by atoms with van der Waals surface area (Å²) in [6.45, 7) is 3.97. The zero-order chi connectivity index (χ0) is 20.5. The van der Waals surface area contributed by atoms with E-state index < -0.39 is 0 Å². The molecule has 5 N–H and O–H groups in total. The molecular formula is C23H29N5O. The Morgan fingerprint density at radius 1 is 0.897 bits per heavy atom. The minimum Gasteiger partial charge on any atom is -0.385 e. The van der Waals surface area contributed by atoms with Crippen molar-refractivity contribution >= 4 is 17.5 Å². The molecule has 0 saturated heterocycles. The number of nitrogens with one attached hydrogen (secondary N) is 1. The third-order valence-corrected chi connectivity index (χ3v) is 4.66. The molecule has 0 fully saturated rings. The van der Waals surface area contributed by atoms with Gasteiger partial charge in [-0.2, -0.15) is 4.98 Å². The number of hydrogen-bond acceptors (Lipinski definition) is 6. The molecule has 0 aliphatic carbocycles. The Bertz CT molecular complexity index is 897. The Morgan fingerprint density at radius 2 is 1.66 bits per heavy atom. The molecule has 0 aliphatic heterocycles. The maximum atomic E-state index is 6.19. The van der Waals surface area contributed by atoms with Crippen molar-refractivity contribution in [2.75, 3.05) is 23.3 Å². The van der Waals surface area contributed by atoms with Gasteiger partial charge < -0.3 is 21.5 Å². The lowest BCUT2D eigenvalue weighted by molar-refractivity contribution is 0.105. The molecule has 0 aliphatic rings. The van der Waals surface area contributed by atoms with Crippen LogP contribution in [0.3, 0.4) is 0 Å². The molecule has 1 heterocycles. The quantitative estimate of drug-likeness (QED) is 0.436. The zero-order valence-corrected chi connectivity index (χ0v) is 16.9. The summed E-state index contributed by atoms with van der Waals surface area (Å²) in [4.78, 5) is 8.52. The lowest BCUT2D eigenvalue weighted by Crippen LogP contribution is -2.08. The molecule has 3 rings (SSSR count). The number of unbranched alkanes of at least 4 members (excludes halogenated alkanes) is 2. The van der Waals surface area contributed by atoms with Crippen LogP contribution in [0.2, 0.25) is 0 Å². The normalized spacial score (nSPS) is 10.8. The van der Waals surface area contributed by atoms with Gasteiger partial charge in [-0.25, -0.2) is 4.98 Å². The van der Waals surface area contributed by atoms with Gasteiger partial charge in [-0.05, 0) is 29.7 Å². The average molecular weight is 392 g/mol. The van der Waals surface area contributed by atoms with Crippen LogP contribution in [-0.2, 0) is 18.0 Å². The molecule has 29 heavy (non-hydrogen) atoms. The van der Waals surface area contributed by atoms with E-state index in [0.717, 1.165) is 28.9 Å². The van der Waals surface area contributed by atoms with Crippen molar-refractivity contribution in [3.63, 3.8) is 0 Å². The van der Waals surface area contributed by atoms with Crippen LogP contribution in [0.25, 0.3) is 11.1 Å². The highest BCUT2D eigenvalue weighted by molar-refractivity contribution is 5.77. The van der Waals surface area contributed by atoms with Gasteiger partial charge in [0, 0.05) is 17.8 Å². The second kappa shape index (κ2) is 10.4. The van der Waals surface area contributed by atoms with Crippen LogP contribution in [0.1, 0.15) is 37.4 Å². The van der Waals surface area contributed by atoms with Crippen LogP contribution in [0.4, 0.5) is 17.5 Å². The number of ether oxygens (including phenoxy) is 1. The first-order valence-electron chi connectivity index (χ1n) is 10.0. The van der Waals surface area contributed by atoms with Gasteiger partial charge in [-0.15, -0.1) is 0 Å². The van der Waals surface area contributed by atoms with Crippen molar-refractivity contribution < 1.29 is 4.74 Å². The number of anilines is 3. The first-order valence-corrected chi connectivity index (χ1v) is 10.0. The van der Waals surface area contributed by atoms with Crippen molar-refractivity contribution in [2.45, 2.75) is 39.4 Å². The Labute approximate surface area is 172 Å². The molecule has 0 radical (unpaired) electrons. The standard InChI is InChI=1S/C23H29N5O/c1-2-3-7-14-26-19-12-10-18(11-13-19)21-20(27-23(25)28-22(21)24)16-29-15-17-8-5-4-6-9-17/h4-6,8-13,26H,2-3,7,14-16H2,1H3,(H4,24,25,27,28). The lowest BCUT2D eigenvalue weighted by Gasteiger charge is -2.13. The van der Waals surface area contributed by atoms with Gasteiger partial charge in [0.15, 0.2) is 0 Å². The van der Waals surface area contributed by atoms with Gasteiger partial charge in [0.05, 0.1) is 18.9 Å². The highest BCUT2D eigenvalue weighted by Gasteiger charge is 2.14. The van der Waals surface area contributed by atoms with Crippen molar-refractivity contribution in [3.05, 3.63) is 65.9 Å². The number of rotatable bonds is 10. The number of hydrogen-bond donors (Lipinski definition) is 3. The Kier molecular flexibility index (Phi) is 7.41. The second-order valence-corrected chi connectivity index (χ2v) is 6.98. The molecule has 1 aromatic heterocycles. The van der Waals surface area contributed by atoms with E-state index in [1.807, 2.05) is 54.6 Å². The molecule has 0 atom stereocenters. The summed E-state index contributed by atoms with van der Waals surface area (Å²) < 4.78 is 5.86. The van der Waals surface area contributed by atoms with Gasteiger partial charge in [0.2, 0.25) is 5.95 Å². The minimum atomic E-state index is 0.152. The van der Waals surface area contributed by atoms with Crippen molar-refractivity contribution in [2.24, 2.45) is 0 Å². The van der Waals surface area contributed by atoms with Gasteiger partial charge in [-0.1, -0.05) is 62.2 Å². The van der Waals surface area contributed by atoms with Crippen LogP contribution in [0.15, 0.2) is 54.6 Å². The zero-order valence-electron chi connectivity index (χ0n) is 16.9. The summed E-state index contributed by atoms with van der Waals surface area (Å²) in [7, 11) is 0. The van der Waals surface area contributed by atoms with Crippen LogP contribution in [-0.4, -0.2) is 16.5 Å². The summed E-state index contributed by atoms with van der Waals surface area (Å²) in [6, 6.07) is 18.1. The first kappa shape index (κ1) is 20.6. The SMILES string of the molecule is CCCCCNc1ccc(-c2c(N)nc(N)nc2COCc2ccccc2)cc1. The van der Waals surface area contributed by atoms with Crippen molar-refractivity contribution in [3.8, 4) is 11.1 Å². The summed E-state index contributed by atoms with van der Waals surface area (Å²) in [5, 5.41) is 3.44. The van der Waals surface area contributed by atoms with Crippen molar-refractivity contribution in [1.29, 1.82) is 0 Å². The summed E-state index contributed by atoms with van der Waals surface area (Å²) in [5.74, 6) is 0.512. The third kappa shape index (κ3) is 5.93. The number of aromatic nitrogens is 2. The van der Waals surface area contributed by atoms with Crippen LogP contribution >= 0.6 is 0 Å². The molecular weight excluding hydrogens is 362 g/mol. The third-order valence-electron chi connectivity index (χ3n) is 4.66.